The van der Waals surface area contributed by atoms with E-state index < -0.39 is 143 Å². The van der Waals surface area contributed by atoms with Crippen LogP contribution < -0.4 is 88.0 Å². The number of nitrogens with zero attached hydrogens (tertiary/aromatic N) is 3. The molecule has 540 valence electrons. The highest BCUT2D eigenvalue weighted by molar-refractivity contribution is 6.00. The number of hydrogen-bond donors (Lipinski definition) is 19. The van der Waals surface area contributed by atoms with E-state index in [1.54, 1.807) is 73.8 Å². The van der Waals surface area contributed by atoms with E-state index in [2.05, 4.69) is 72.8 Å². The molecule has 2 aromatic heterocycles. The van der Waals surface area contributed by atoms with E-state index in [-0.39, 0.29) is 94.8 Å². The quantitative estimate of drug-likeness (QED) is 0.0145. The van der Waals surface area contributed by atoms with Crippen molar-refractivity contribution in [3.63, 3.8) is 0 Å². The summed E-state index contributed by atoms with van der Waals surface area (Å²) in [4.78, 5) is 160. The predicted octanol–water partition coefficient (Wildman–Crippen LogP) is -0.960. The number of aromatic amines is 2. The topological polar surface area (TPSA) is 550 Å². The summed E-state index contributed by atoms with van der Waals surface area (Å²) in [7, 11) is 0. The maximum Gasteiger partial charge on any atom is 0.326 e. The second kappa shape index (κ2) is 39.3. The van der Waals surface area contributed by atoms with Gasteiger partial charge in [-0.1, -0.05) is 106 Å². The van der Waals surface area contributed by atoms with Crippen molar-refractivity contribution in [3.05, 3.63) is 72.1 Å². The zero-order chi connectivity index (χ0) is 73.1. The van der Waals surface area contributed by atoms with Gasteiger partial charge in [0.25, 0.3) is 0 Å². The molecular weight excluding hydrogens is 1260 g/mol. The van der Waals surface area contributed by atoms with E-state index >= 15 is 9.59 Å². The van der Waals surface area contributed by atoms with E-state index in [4.69, 9.17) is 40.1 Å². The number of aliphatic carboxylic acids is 1. The van der Waals surface area contributed by atoms with Gasteiger partial charge < -0.3 is 103 Å². The van der Waals surface area contributed by atoms with Crippen molar-refractivity contribution in [2.45, 2.75) is 187 Å². The lowest BCUT2D eigenvalue weighted by Crippen LogP contribution is -2.62. The van der Waals surface area contributed by atoms with Crippen LogP contribution in [0.5, 0.6) is 0 Å². The van der Waals surface area contributed by atoms with Gasteiger partial charge in [0.15, 0.2) is 17.9 Å². The van der Waals surface area contributed by atoms with Crippen molar-refractivity contribution in [1.29, 1.82) is 0 Å². The summed E-state index contributed by atoms with van der Waals surface area (Å²) < 4.78 is 0. The molecule has 32 heteroatoms. The van der Waals surface area contributed by atoms with Gasteiger partial charge >= 0.3 is 5.97 Å². The Hall–Kier alpha value is -10.0. The minimum absolute atomic E-state index is 0.0554. The summed E-state index contributed by atoms with van der Waals surface area (Å²) in [6.45, 7) is 17.5. The van der Waals surface area contributed by atoms with Gasteiger partial charge in [-0.05, 0) is 97.8 Å². The lowest BCUT2D eigenvalue weighted by atomic mass is 9.97. The first-order chi connectivity index (χ1) is 46.2. The number of carboxylic acids is 1. The maximum absolute atomic E-state index is 15.3. The molecule has 0 radical (unpaired) electrons. The van der Waals surface area contributed by atoms with Crippen molar-refractivity contribution < 1.29 is 53.1 Å². The minimum atomic E-state index is -1.45. The number of carbonyl (C=O) groups is 10. The van der Waals surface area contributed by atoms with Crippen LogP contribution in [0.25, 0.3) is 21.8 Å². The molecule has 26 N–H and O–H groups in total. The van der Waals surface area contributed by atoms with Crippen LogP contribution in [0.4, 0.5) is 0 Å². The van der Waals surface area contributed by atoms with Crippen LogP contribution in [0.15, 0.2) is 75.9 Å². The fourth-order valence-corrected chi connectivity index (χ4v) is 10.8. The summed E-state index contributed by atoms with van der Waals surface area (Å²) in [5, 5.41) is 36.2. The Balaban J connectivity index is 1.67. The number of nitrogens with two attached hydrogens (primary N) is 7. The molecule has 98 heavy (non-hydrogen) atoms. The van der Waals surface area contributed by atoms with Gasteiger partial charge in [0.2, 0.25) is 53.2 Å². The molecule has 10 atom stereocenters. The first-order valence-corrected chi connectivity index (χ1v) is 33.2. The maximum atomic E-state index is 15.3. The van der Waals surface area contributed by atoms with Crippen LogP contribution >= 0.6 is 0 Å². The van der Waals surface area contributed by atoms with E-state index in [0.29, 0.717) is 17.5 Å². The van der Waals surface area contributed by atoms with E-state index in [9.17, 15) is 43.5 Å². The van der Waals surface area contributed by atoms with Crippen LogP contribution in [-0.4, -0.2) is 172 Å². The lowest BCUT2D eigenvalue weighted by molar-refractivity contribution is -0.142. The zero-order valence-corrected chi connectivity index (χ0v) is 57.8. The molecule has 4 aromatic rings. The van der Waals surface area contributed by atoms with Crippen LogP contribution in [0, 0.1) is 29.6 Å². The number of benzene rings is 2. The first-order valence-electron chi connectivity index (χ1n) is 33.2. The largest absolute Gasteiger partial charge is 0.480 e. The number of aliphatic imine (C=N–C) groups is 3. The third-order valence-electron chi connectivity index (χ3n) is 16.2. The number of rotatable bonds is 41. The average molecular weight is 1370 g/mol. The minimum Gasteiger partial charge on any atom is -0.480 e. The molecule has 9 amide bonds. The van der Waals surface area contributed by atoms with Crippen LogP contribution in [0.3, 0.4) is 0 Å². The third kappa shape index (κ3) is 25.9. The molecule has 2 heterocycles. The van der Waals surface area contributed by atoms with Gasteiger partial charge in [0.1, 0.15) is 54.4 Å². The molecular formula is C66H105N21O11. The van der Waals surface area contributed by atoms with Crippen molar-refractivity contribution in [3.8, 4) is 0 Å². The Morgan fingerprint density at radius 3 is 1.09 bits per heavy atom. The third-order valence-corrected chi connectivity index (χ3v) is 16.2. The Kier molecular flexibility index (Phi) is 32.2. The molecule has 0 aliphatic heterocycles. The predicted molar refractivity (Wildman–Crippen MR) is 376 cm³/mol. The number of para-hydroxylation sites is 2. The molecule has 2 aromatic carbocycles. The van der Waals surface area contributed by atoms with Crippen molar-refractivity contribution in [2.75, 3.05) is 19.6 Å². The molecule has 0 aliphatic carbocycles. The normalized spacial score (nSPS) is 14.5. The molecule has 4 rings (SSSR count). The monoisotopic (exact) mass is 1370 g/mol. The molecule has 0 spiro atoms. The molecule has 0 fully saturated rings. The summed E-state index contributed by atoms with van der Waals surface area (Å²) in [6.07, 6.45) is 4.14. The lowest BCUT2D eigenvalue weighted by Gasteiger charge is -2.31. The van der Waals surface area contributed by atoms with E-state index in [1.807, 2.05) is 56.3 Å². The first kappa shape index (κ1) is 80.4. The van der Waals surface area contributed by atoms with Gasteiger partial charge in [-0.25, -0.2) is 4.79 Å². The Morgan fingerprint density at radius 1 is 0.398 bits per heavy atom. The molecule has 0 unspecified atom stereocenters. The number of carboxylic acid groups (broad SMARTS) is 1. The highest BCUT2D eigenvalue weighted by Crippen LogP contribution is 2.23. The van der Waals surface area contributed by atoms with Gasteiger partial charge in [-0.3, -0.25) is 58.1 Å². The Bertz CT molecular complexity index is 3440. The number of amides is 9. The van der Waals surface area contributed by atoms with Crippen LogP contribution in [-0.2, 0) is 60.8 Å². The smallest absolute Gasteiger partial charge is 0.326 e. The Labute approximate surface area is 571 Å². The fraction of sp³-hybridized carbons (Fsp3) is 0.561. The van der Waals surface area contributed by atoms with Gasteiger partial charge in [0.05, 0.1) is 6.04 Å². The standard InChI is InChI=1S/C66H105N21O11/c1-33(2)28-47(81-54(88)42(67)20-15-25-74-64(68)69)57(91)84-52(36(7)8)61(95)87-51(35(5)6)60(94)83-48(29-38-31-77-43-21-13-11-18-40(38)43)56(90)82-49(30-39-32-78-44-22-14-12-19-41(39)44)58(92)85-53(37(9)10)62(96)86-50(34(3)4)59(93)79-45(23-16-26-75-65(70)71)55(89)80-46(63(97)98)24-17-27-76-66(72)73/h11-14,18-19,21-22,31-37,42,45-53,77-78H,15-17,20,23-30,67H2,1-10H3,(H,79,93)(H,80,89)(H,81,88)(H,82,90)(H,83,94)(H,84,91)(H,85,92)(H,86,96)(H,87,95)(H,97,98)(H4,68,69,74)(H4,70,71,75)(H4,72,73,76)/t42-,45-,46-,47-,48-,49-,50-,51-,52-,53-/m0/s1. The van der Waals surface area contributed by atoms with Gasteiger partial charge in [-0.15, -0.1) is 0 Å². The van der Waals surface area contributed by atoms with Crippen molar-refractivity contribution >= 4 is 98.8 Å². The number of carbonyl (C=O) groups excluding carboxylic acids is 9. The fourth-order valence-electron chi connectivity index (χ4n) is 10.8. The number of aromatic nitrogens is 2. The van der Waals surface area contributed by atoms with Gasteiger partial charge in [-0.2, -0.15) is 0 Å². The molecule has 0 saturated carbocycles. The number of hydrogen-bond acceptors (Lipinski definition) is 14. The summed E-state index contributed by atoms with van der Waals surface area (Å²) in [6, 6.07) is 1.65. The number of nitrogens with one attached hydrogen (secondary N) is 11. The van der Waals surface area contributed by atoms with Crippen molar-refractivity contribution in [1.82, 2.24) is 57.8 Å². The second-order valence-electron chi connectivity index (χ2n) is 26.3. The van der Waals surface area contributed by atoms with E-state index in [1.165, 1.54) is 0 Å². The second-order valence-corrected chi connectivity index (χ2v) is 26.3. The zero-order valence-electron chi connectivity index (χ0n) is 57.8. The number of H-pyrrole nitrogens is 2. The van der Waals surface area contributed by atoms with Gasteiger partial charge in [0, 0.05) is 66.7 Å². The molecule has 0 aliphatic rings. The number of fused-ring (bicyclic) bond motifs is 2. The Morgan fingerprint density at radius 2 is 0.704 bits per heavy atom. The van der Waals surface area contributed by atoms with Crippen LogP contribution in [0.1, 0.15) is 125 Å². The summed E-state index contributed by atoms with van der Waals surface area (Å²) >= 11 is 0. The summed E-state index contributed by atoms with van der Waals surface area (Å²) in [5.41, 5.74) is 41.5. The van der Waals surface area contributed by atoms with Crippen molar-refractivity contribution in [2.24, 2.45) is 84.7 Å². The average Bonchev–Trinajstić information content (AvgIpc) is 1.62. The number of guanidine groups is 3. The SMILES string of the molecule is CC(C)C[C@H](NC(=O)[C@@H](N)CCCN=C(N)N)C(=O)N[C@H](C(=O)N[C@H](C(=O)N[C@@H](Cc1c[nH]c2ccccc12)C(=O)N[C@@H](Cc1c[nH]c2ccccc12)C(=O)N[C@H](C(=O)N[C@H](C(=O)N[C@@H](CCCN=C(N)N)C(=O)N[C@@H](CCCN=C(N)N)C(=O)O)C(C)C)C(C)C)C(C)C)C(C)C. The summed E-state index contributed by atoms with van der Waals surface area (Å²) in [5.74, 6) is -11.2. The highest BCUT2D eigenvalue weighted by Gasteiger charge is 2.38. The highest BCUT2D eigenvalue weighted by atomic mass is 16.4. The van der Waals surface area contributed by atoms with Crippen LogP contribution in [0.2, 0.25) is 0 Å². The molecule has 0 saturated heterocycles. The van der Waals surface area contributed by atoms with E-state index in [0.717, 1.165) is 21.8 Å². The molecule has 32 nitrogen and oxygen atoms in total. The molecule has 0 bridgehead atoms.